The Balaban J connectivity index is 1.79. The fraction of sp³-hybridized carbons (Fsp3) is 0.500. The van der Waals surface area contributed by atoms with Crippen molar-refractivity contribution in [3.63, 3.8) is 0 Å². The second kappa shape index (κ2) is 7.42. The maximum absolute atomic E-state index is 4.73. The smallest absolute Gasteiger partial charge is 0.214 e. The molecule has 0 saturated carbocycles. The molecular weight excluding hydrogens is 326 g/mol. The first-order chi connectivity index (χ1) is 11.2. The topological polar surface area (TPSA) is 36.7 Å². The Kier molecular flexibility index (Phi) is 5.30. The van der Waals surface area contributed by atoms with Crippen LogP contribution in [0.25, 0.3) is 4.96 Å². The normalized spacial score (nSPS) is 11.7. The zero-order valence-corrected chi connectivity index (χ0v) is 15.5. The van der Waals surface area contributed by atoms with Gasteiger partial charge in [0, 0.05) is 18.0 Å². The van der Waals surface area contributed by atoms with E-state index in [9.17, 15) is 0 Å². The lowest BCUT2D eigenvalue weighted by Crippen LogP contribution is -2.34. The summed E-state index contributed by atoms with van der Waals surface area (Å²) in [6.07, 6.45) is 1.99. The van der Waals surface area contributed by atoms with Gasteiger partial charge in [0.25, 0.3) is 0 Å². The molecule has 0 saturated heterocycles. The van der Waals surface area contributed by atoms with Crippen molar-refractivity contribution in [1.29, 1.82) is 0 Å². The number of aryl methyl sites for hydroxylation is 1. The third-order valence-corrected chi connectivity index (χ3v) is 5.78. The minimum Gasteiger partial charge on any atom is -0.340 e. The van der Waals surface area contributed by atoms with E-state index < -0.39 is 0 Å². The molecule has 5 nitrogen and oxygen atoms in total. The average molecular weight is 350 g/mol. The molecule has 0 bridgehead atoms. The number of hydrogen-bond donors (Lipinski definition) is 0. The molecule has 0 N–H and O–H groups in total. The van der Waals surface area contributed by atoms with Gasteiger partial charge in [-0.3, -0.25) is 0 Å². The van der Waals surface area contributed by atoms with Crippen LogP contribution in [0.2, 0.25) is 0 Å². The molecule has 0 atom stereocenters. The van der Waals surface area contributed by atoms with Gasteiger partial charge in [-0.1, -0.05) is 31.3 Å². The van der Waals surface area contributed by atoms with Gasteiger partial charge in [-0.2, -0.15) is 0 Å². The van der Waals surface area contributed by atoms with Crippen LogP contribution in [0.5, 0.6) is 0 Å². The monoisotopic (exact) mass is 349 g/mol. The summed E-state index contributed by atoms with van der Waals surface area (Å²) in [5.41, 5.74) is 1.02. The number of imidazole rings is 1. The van der Waals surface area contributed by atoms with Crippen molar-refractivity contribution in [1.82, 2.24) is 19.5 Å². The van der Waals surface area contributed by atoms with Crippen LogP contribution >= 0.6 is 22.7 Å². The van der Waals surface area contributed by atoms with E-state index in [0.717, 1.165) is 48.5 Å². The van der Waals surface area contributed by atoms with E-state index >= 15 is 0 Å². The van der Waals surface area contributed by atoms with Gasteiger partial charge in [0.05, 0.1) is 18.4 Å². The van der Waals surface area contributed by atoms with Gasteiger partial charge in [-0.15, -0.1) is 16.4 Å². The largest absolute Gasteiger partial charge is 0.340 e. The first-order valence-corrected chi connectivity index (χ1v) is 9.71. The Morgan fingerprint density at radius 1 is 1.22 bits per heavy atom. The fourth-order valence-corrected chi connectivity index (χ4v) is 4.23. The van der Waals surface area contributed by atoms with E-state index in [0.29, 0.717) is 0 Å². The molecule has 0 unspecified atom stereocenters. The Hall–Kier alpha value is -1.44. The summed E-state index contributed by atoms with van der Waals surface area (Å²) in [5.74, 6) is 0. The first-order valence-electron chi connectivity index (χ1n) is 8.02. The van der Waals surface area contributed by atoms with E-state index in [-0.39, 0.29) is 0 Å². The summed E-state index contributed by atoms with van der Waals surface area (Å²) < 4.78 is 1.90. The van der Waals surface area contributed by atoms with Crippen molar-refractivity contribution in [2.45, 2.75) is 27.3 Å². The first kappa shape index (κ1) is 16.4. The molecule has 3 aromatic heterocycles. The quantitative estimate of drug-likeness (QED) is 0.624. The number of nitrogens with zero attached hydrogens (tertiary/aromatic N) is 5. The molecule has 124 valence electrons. The SMILES string of the molecule is CCN(CC)CCN(Cc1cccs1)c1nn2cc(C)nc2s1. The molecule has 0 radical (unpaired) electrons. The van der Waals surface area contributed by atoms with Gasteiger partial charge < -0.3 is 9.80 Å². The van der Waals surface area contributed by atoms with Crippen molar-refractivity contribution in [3.05, 3.63) is 34.3 Å². The maximum atomic E-state index is 4.73. The van der Waals surface area contributed by atoms with Gasteiger partial charge >= 0.3 is 0 Å². The highest BCUT2D eigenvalue weighted by molar-refractivity contribution is 7.20. The highest BCUT2D eigenvalue weighted by Crippen LogP contribution is 2.25. The Labute approximate surface area is 145 Å². The minimum atomic E-state index is 0.911. The van der Waals surface area contributed by atoms with Crippen LogP contribution in [0, 0.1) is 6.92 Å². The molecule has 0 aliphatic rings. The Bertz CT molecular complexity index is 695. The maximum Gasteiger partial charge on any atom is 0.214 e. The zero-order chi connectivity index (χ0) is 16.2. The van der Waals surface area contributed by atoms with Gasteiger partial charge in [0.1, 0.15) is 0 Å². The summed E-state index contributed by atoms with van der Waals surface area (Å²) in [5, 5.41) is 7.91. The number of hydrogen-bond acceptors (Lipinski definition) is 6. The Morgan fingerprint density at radius 2 is 2.04 bits per heavy atom. The summed E-state index contributed by atoms with van der Waals surface area (Å²) >= 11 is 3.47. The molecule has 3 aromatic rings. The van der Waals surface area contributed by atoms with Crippen molar-refractivity contribution < 1.29 is 0 Å². The lowest BCUT2D eigenvalue weighted by atomic mass is 10.4. The summed E-state index contributed by atoms with van der Waals surface area (Å²) in [6, 6.07) is 4.30. The Morgan fingerprint density at radius 3 is 2.70 bits per heavy atom. The lowest BCUT2D eigenvalue weighted by Gasteiger charge is -2.25. The molecule has 7 heteroatoms. The van der Waals surface area contributed by atoms with Gasteiger partial charge in [0.2, 0.25) is 10.1 Å². The standard InChI is InChI=1S/C16H23N5S2/c1-4-19(5-2)8-9-20(12-14-7-6-10-22-14)16-18-21-11-13(3)17-15(21)23-16/h6-7,10-11H,4-5,8-9,12H2,1-3H3. The number of fused-ring (bicyclic) bond motifs is 1. The number of aromatic nitrogens is 3. The molecule has 0 spiro atoms. The van der Waals surface area contributed by atoms with Crippen molar-refractivity contribution in [2.24, 2.45) is 0 Å². The highest BCUT2D eigenvalue weighted by Gasteiger charge is 2.15. The fourth-order valence-electron chi connectivity index (χ4n) is 2.56. The molecule has 0 amide bonds. The molecule has 3 heterocycles. The predicted molar refractivity (Wildman–Crippen MR) is 98.8 cm³/mol. The van der Waals surface area contributed by atoms with E-state index in [4.69, 9.17) is 5.10 Å². The van der Waals surface area contributed by atoms with Crippen LogP contribution in [-0.2, 0) is 6.54 Å². The predicted octanol–water partition coefficient (Wildman–Crippen LogP) is 3.51. The van der Waals surface area contributed by atoms with E-state index in [1.54, 1.807) is 22.7 Å². The number of rotatable bonds is 8. The van der Waals surface area contributed by atoms with Gasteiger partial charge in [-0.25, -0.2) is 9.50 Å². The second-order valence-corrected chi connectivity index (χ2v) is 7.49. The van der Waals surface area contributed by atoms with Crippen LogP contribution in [0.1, 0.15) is 24.4 Å². The minimum absolute atomic E-state index is 0.911. The number of anilines is 1. The molecule has 0 aliphatic heterocycles. The zero-order valence-electron chi connectivity index (χ0n) is 13.9. The lowest BCUT2D eigenvalue weighted by molar-refractivity contribution is 0.309. The molecule has 0 fully saturated rings. The molecule has 3 rings (SSSR count). The van der Waals surface area contributed by atoms with Gasteiger partial charge in [0.15, 0.2) is 0 Å². The van der Waals surface area contributed by atoms with E-state index in [1.807, 2.05) is 17.6 Å². The number of likely N-dealkylation sites (N-methyl/N-ethyl adjacent to an activating group) is 1. The third-order valence-electron chi connectivity index (χ3n) is 3.93. The van der Waals surface area contributed by atoms with Gasteiger partial charge in [-0.05, 0) is 31.5 Å². The van der Waals surface area contributed by atoms with Crippen LogP contribution < -0.4 is 4.90 Å². The number of thiophene rings is 1. The molecular formula is C16H23N5S2. The van der Waals surface area contributed by atoms with Crippen molar-refractivity contribution >= 4 is 32.8 Å². The summed E-state index contributed by atoms with van der Waals surface area (Å²) in [4.78, 5) is 11.7. The van der Waals surface area contributed by atoms with Crippen LogP contribution in [0.4, 0.5) is 5.13 Å². The van der Waals surface area contributed by atoms with Crippen LogP contribution in [0.15, 0.2) is 23.7 Å². The highest BCUT2D eigenvalue weighted by atomic mass is 32.1. The second-order valence-electron chi connectivity index (χ2n) is 5.52. The van der Waals surface area contributed by atoms with Crippen LogP contribution in [-0.4, -0.2) is 45.7 Å². The van der Waals surface area contributed by atoms with Crippen molar-refractivity contribution in [3.8, 4) is 0 Å². The van der Waals surface area contributed by atoms with E-state index in [2.05, 4.69) is 46.1 Å². The summed E-state index contributed by atoms with van der Waals surface area (Å²) in [6.45, 7) is 11.6. The molecule has 0 aromatic carbocycles. The molecule has 23 heavy (non-hydrogen) atoms. The summed E-state index contributed by atoms with van der Waals surface area (Å²) in [7, 11) is 0. The van der Waals surface area contributed by atoms with Crippen LogP contribution in [0.3, 0.4) is 0 Å². The third kappa shape index (κ3) is 3.91. The van der Waals surface area contributed by atoms with Crippen molar-refractivity contribution in [2.75, 3.05) is 31.1 Å². The van der Waals surface area contributed by atoms with E-state index in [1.165, 1.54) is 4.88 Å². The molecule has 0 aliphatic carbocycles. The average Bonchev–Trinajstić information content (AvgIpc) is 3.23.